The second-order valence-corrected chi connectivity index (χ2v) is 6.30. The van der Waals surface area contributed by atoms with E-state index in [1.165, 1.54) is 58.5 Å². The van der Waals surface area contributed by atoms with Crippen molar-refractivity contribution in [3.63, 3.8) is 0 Å². The fraction of sp³-hybridized carbons (Fsp3) is 0.842. The van der Waals surface area contributed by atoms with E-state index in [1.54, 1.807) is 0 Å². The molecule has 0 bridgehead atoms. The van der Waals surface area contributed by atoms with Crippen LogP contribution in [0.15, 0.2) is 12.2 Å². The van der Waals surface area contributed by atoms with E-state index in [2.05, 4.69) is 23.8 Å². The lowest BCUT2D eigenvalue weighted by molar-refractivity contribution is -0.140. The van der Waals surface area contributed by atoms with Crippen LogP contribution >= 0.6 is 0 Å². The SMILES string of the molecule is CCCCC[C@H]1O[C@H]1C/C=C/CCCCCCCC(=O)OC. The maximum atomic E-state index is 10.9. The lowest BCUT2D eigenvalue weighted by atomic mass is 10.1. The summed E-state index contributed by atoms with van der Waals surface area (Å²) in [5, 5.41) is 0. The zero-order chi connectivity index (χ0) is 16.0. The van der Waals surface area contributed by atoms with Gasteiger partial charge in [-0.05, 0) is 32.1 Å². The van der Waals surface area contributed by atoms with Crippen LogP contribution in [0.2, 0.25) is 0 Å². The summed E-state index contributed by atoms with van der Waals surface area (Å²) < 4.78 is 10.3. The molecule has 3 nitrogen and oxygen atoms in total. The molecular formula is C19H34O3. The van der Waals surface area contributed by atoms with E-state index < -0.39 is 0 Å². The van der Waals surface area contributed by atoms with Crippen molar-refractivity contribution in [2.75, 3.05) is 7.11 Å². The molecule has 0 saturated carbocycles. The summed E-state index contributed by atoms with van der Waals surface area (Å²) in [7, 11) is 1.45. The van der Waals surface area contributed by atoms with Gasteiger partial charge in [0.25, 0.3) is 0 Å². The first kappa shape index (κ1) is 19.2. The van der Waals surface area contributed by atoms with Crippen molar-refractivity contribution in [2.24, 2.45) is 0 Å². The predicted molar refractivity (Wildman–Crippen MR) is 90.9 cm³/mol. The molecule has 0 aromatic rings. The Balaban J connectivity index is 1.80. The number of ether oxygens (including phenoxy) is 2. The Morgan fingerprint density at radius 2 is 1.77 bits per heavy atom. The number of hydrogen-bond acceptors (Lipinski definition) is 3. The van der Waals surface area contributed by atoms with E-state index >= 15 is 0 Å². The molecule has 0 unspecified atom stereocenters. The largest absolute Gasteiger partial charge is 0.469 e. The van der Waals surface area contributed by atoms with Crippen molar-refractivity contribution in [1.82, 2.24) is 0 Å². The van der Waals surface area contributed by atoms with Crippen molar-refractivity contribution in [2.45, 2.75) is 96.2 Å². The topological polar surface area (TPSA) is 38.8 Å². The van der Waals surface area contributed by atoms with Gasteiger partial charge in [0.2, 0.25) is 0 Å². The highest BCUT2D eigenvalue weighted by atomic mass is 16.6. The van der Waals surface area contributed by atoms with Crippen LogP contribution in [-0.4, -0.2) is 25.3 Å². The number of esters is 1. The van der Waals surface area contributed by atoms with Crippen molar-refractivity contribution < 1.29 is 14.3 Å². The molecule has 0 spiro atoms. The van der Waals surface area contributed by atoms with Gasteiger partial charge in [0.15, 0.2) is 0 Å². The fourth-order valence-corrected chi connectivity index (χ4v) is 2.75. The molecule has 1 rings (SSSR count). The van der Waals surface area contributed by atoms with Gasteiger partial charge in [-0.3, -0.25) is 4.79 Å². The quantitative estimate of drug-likeness (QED) is 0.192. The maximum Gasteiger partial charge on any atom is 0.305 e. The third kappa shape index (κ3) is 9.99. The minimum Gasteiger partial charge on any atom is -0.469 e. The molecule has 1 heterocycles. The highest BCUT2D eigenvalue weighted by Gasteiger charge is 2.36. The molecule has 0 aromatic carbocycles. The fourth-order valence-electron chi connectivity index (χ4n) is 2.75. The molecule has 22 heavy (non-hydrogen) atoms. The first-order valence-electron chi connectivity index (χ1n) is 9.15. The van der Waals surface area contributed by atoms with Crippen LogP contribution in [0, 0.1) is 0 Å². The zero-order valence-corrected chi connectivity index (χ0v) is 14.5. The van der Waals surface area contributed by atoms with Gasteiger partial charge in [0, 0.05) is 6.42 Å². The maximum absolute atomic E-state index is 10.9. The number of carbonyl (C=O) groups excluding carboxylic acids is 1. The number of epoxide rings is 1. The van der Waals surface area contributed by atoms with Crippen molar-refractivity contribution in [3.8, 4) is 0 Å². The molecule has 0 amide bonds. The van der Waals surface area contributed by atoms with Gasteiger partial charge in [0.1, 0.15) is 0 Å². The zero-order valence-electron chi connectivity index (χ0n) is 14.5. The summed E-state index contributed by atoms with van der Waals surface area (Å²) in [6.45, 7) is 2.24. The number of carbonyl (C=O) groups is 1. The first-order valence-corrected chi connectivity index (χ1v) is 9.15. The molecule has 1 aliphatic rings. The second-order valence-electron chi connectivity index (χ2n) is 6.30. The van der Waals surface area contributed by atoms with Crippen LogP contribution in [0.3, 0.4) is 0 Å². The minimum absolute atomic E-state index is 0.0850. The lowest BCUT2D eigenvalue weighted by Crippen LogP contribution is -1.99. The van der Waals surface area contributed by atoms with Gasteiger partial charge in [-0.1, -0.05) is 57.6 Å². The Bertz CT molecular complexity index is 312. The summed E-state index contributed by atoms with van der Waals surface area (Å²) in [6, 6.07) is 0. The Morgan fingerprint density at radius 3 is 2.55 bits per heavy atom. The van der Waals surface area contributed by atoms with Crippen LogP contribution in [0.4, 0.5) is 0 Å². The molecule has 0 radical (unpaired) electrons. The van der Waals surface area contributed by atoms with Crippen LogP contribution in [0.5, 0.6) is 0 Å². The summed E-state index contributed by atoms with van der Waals surface area (Å²) in [4.78, 5) is 10.9. The Morgan fingerprint density at radius 1 is 1.00 bits per heavy atom. The van der Waals surface area contributed by atoms with E-state index in [0.29, 0.717) is 18.6 Å². The average molecular weight is 310 g/mol. The Labute approximate surface area is 136 Å². The third-order valence-electron chi connectivity index (χ3n) is 4.29. The number of unbranched alkanes of at least 4 members (excludes halogenated alkanes) is 7. The Hall–Kier alpha value is -0.830. The highest BCUT2D eigenvalue weighted by Crippen LogP contribution is 2.30. The van der Waals surface area contributed by atoms with E-state index in [4.69, 9.17) is 4.74 Å². The van der Waals surface area contributed by atoms with Crippen molar-refractivity contribution in [1.29, 1.82) is 0 Å². The van der Waals surface area contributed by atoms with Gasteiger partial charge in [-0.2, -0.15) is 0 Å². The molecule has 1 aliphatic heterocycles. The Kier molecular flexibility index (Phi) is 11.1. The summed E-state index contributed by atoms with van der Waals surface area (Å²) in [5.41, 5.74) is 0. The normalized spacial score (nSPS) is 20.5. The van der Waals surface area contributed by atoms with Crippen molar-refractivity contribution >= 4 is 5.97 Å². The van der Waals surface area contributed by atoms with Crippen LogP contribution in [0.25, 0.3) is 0 Å². The van der Waals surface area contributed by atoms with Gasteiger partial charge in [0.05, 0.1) is 19.3 Å². The molecular weight excluding hydrogens is 276 g/mol. The average Bonchev–Trinajstić information content (AvgIpc) is 3.27. The van der Waals surface area contributed by atoms with Gasteiger partial charge >= 0.3 is 5.97 Å². The molecule has 1 fully saturated rings. The van der Waals surface area contributed by atoms with Gasteiger partial charge in [-0.25, -0.2) is 0 Å². The molecule has 128 valence electrons. The summed E-state index contributed by atoms with van der Waals surface area (Å²) in [5.74, 6) is -0.0850. The standard InChI is InChI=1S/C19H34O3/c1-3-4-11-14-17-18(22-17)15-12-9-7-5-6-8-10-13-16-19(20)21-2/h9,12,17-18H,3-8,10-11,13-16H2,1-2H3/b12-9+/t17-,18+/m1/s1. The number of methoxy groups -OCH3 is 1. The van der Waals surface area contributed by atoms with E-state index in [0.717, 1.165) is 19.3 Å². The monoisotopic (exact) mass is 310 g/mol. The second kappa shape index (κ2) is 12.7. The smallest absolute Gasteiger partial charge is 0.305 e. The third-order valence-corrected chi connectivity index (χ3v) is 4.29. The number of allylic oxidation sites excluding steroid dienone is 1. The van der Waals surface area contributed by atoms with E-state index in [9.17, 15) is 4.79 Å². The summed E-state index contributed by atoms with van der Waals surface area (Å²) in [6.07, 6.45) is 19.5. The number of rotatable bonds is 14. The minimum atomic E-state index is -0.0850. The molecule has 2 atom stereocenters. The van der Waals surface area contributed by atoms with Gasteiger partial charge in [-0.15, -0.1) is 0 Å². The molecule has 0 aliphatic carbocycles. The lowest BCUT2D eigenvalue weighted by Gasteiger charge is -2.00. The van der Waals surface area contributed by atoms with E-state index in [-0.39, 0.29) is 5.97 Å². The predicted octanol–water partition coefficient (Wildman–Crippen LogP) is 5.18. The highest BCUT2D eigenvalue weighted by molar-refractivity contribution is 5.68. The molecule has 3 heteroatoms. The van der Waals surface area contributed by atoms with Crippen LogP contribution in [-0.2, 0) is 14.3 Å². The van der Waals surface area contributed by atoms with Crippen LogP contribution in [0.1, 0.15) is 84.0 Å². The summed E-state index contributed by atoms with van der Waals surface area (Å²) >= 11 is 0. The molecule has 0 aromatic heterocycles. The molecule has 0 N–H and O–H groups in total. The van der Waals surface area contributed by atoms with E-state index in [1.807, 2.05) is 0 Å². The molecule has 1 saturated heterocycles. The first-order chi connectivity index (χ1) is 10.8. The van der Waals surface area contributed by atoms with Gasteiger partial charge < -0.3 is 9.47 Å². The number of hydrogen-bond donors (Lipinski definition) is 0. The van der Waals surface area contributed by atoms with Crippen LogP contribution < -0.4 is 0 Å². The van der Waals surface area contributed by atoms with Crippen molar-refractivity contribution in [3.05, 3.63) is 12.2 Å².